The van der Waals surface area contributed by atoms with Gasteiger partial charge in [-0.15, -0.1) is 0 Å². The highest BCUT2D eigenvalue weighted by Crippen LogP contribution is 2.44. The van der Waals surface area contributed by atoms with Crippen LogP contribution in [-0.4, -0.2) is 29.6 Å². The van der Waals surface area contributed by atoms with Crippen LogP contribution in [0, 0.1) is 23.2 Å². The predicted molar refractivity (Wildman–Crippen MR) is 137 cm³/mol. The molecule has 2 atom stereocenters. The number of anilines is 1. The van der Waals surface area contributed by atoms with Crippen molar-refractivity contribution in [1.82, 2.24) is 0 Å². The van der Waals surface area contributed by atoms with Gasteiger partial charge in [0, 0.05) is 43.3 Å². The molecule has 0 N–H and O–H groups in total. The van der Waals surface area contributed by atoms with Crippen LogP contribution < -0.4 is 4.90 Å². The summed E-state index contributed by atoms with van der Waals surface area (Å²) in [7, 11) is 0. The quantitative estimate of drug-likeness (QED) is 0.281. The van der Waals surface area contributed by atoms with E-state index in [-0.39, 0.29) is 18.8 Å². The smallest absolute Gasteiger partial charge is 0.345 e. The Morgan fingerprint density at radius 2 is 1.82 bits per heavy atom. The zero-order chi connectivity index (χ0) is 28.1. The molecule has 2 aliphatic carbocycles. The lowest BCUT2D eigenvalue weighted by atomic mass is 9.76. The van der Waals surface area contributed by atoms with Crippen LogP contribution in [0.1, 0.15) is 69.9 Å². The van der Waals surface area contributed by atoms with Gasteiger partial charge in [0.2, 0.25) is 0 Å². The molecule has 1 aromatic carbocycles. The van der Waals surface area contributed by atoms with E-state index in [9.17, 15) is 31.6 Å². The van der Waals surface area contributed by atoms with Gasteiger partial charge in [0.05, 0.1) is 11.5 Å². The van der Waals surface area contributed by atoms with Gasteiger partial charge in [-0.1, -0.05) is 6.92 Å². The standard InChI is InChI=1S/C30H32F6N3/c1-3-22(29(31,32)33)14-20-10-12-38(18(20)2)28-8-5-19-4-7-24(16-25(19)26(28)17-37)39-13-11-21-15-23(30(34,35)36)6-9-27(21)39/h6,9,15-16,19,22H,3-5,7-8,10-14H2,1-2H3/q+1. The van der Waals surface area contributed by atoms with Crippen LogP contribution in [0.2, 0.25) is 0 Å². The molecule has 0 amide bonds. The lowest BCUT2D eigenvalue weighted by Gasteiger charge is -2.33. The fourth-order valence-corrected chi connectivity index (χ4v) is 6.68. The first-order valence-electron chi connectivity index (χ1n) is 13.6. The van der Waals surface area contributed by atoms with Gasteiger partial charge in [0.25, 0.3) is 0 Å². The molecular formula is C30H32F6N3+. The Balaban J connectivity index is 1.49. The Bertz CT molecular complexity index is 1340. The maximum Gasteiger partial charge on any atom is 0.416 e. The SMILES string of the molecule is CCC(CC1=C(C)[N+](=C2CCC3CCC(N4CCc5cc(C(F)(F)F)ccc54)=CC3=C2C#N)CC1)C(F)(F)F. The van der Waals surface area contributed by atoms with E-state index in [2.05, 4.69) is 11.0 Å². The van der Waals surface area contributed by atoms with E-state index in [1.807, 2.05) is 17.6 Å². The summed E-state index contributed by atoms with van der Waals surface area (Å²) < 4.78 is 82.0. The number of nitriles is 1. The van der Waals surface area contributed by atoms with Crippen molar-refractivity contribution in [2.24, 2.45) is 11.8 Å². The summed E-state index contributed by atoms with van der Waals surface area (Å²) in [5.74, 6) is -1.14. The Morgan fingerprint density at radius 3 is 2.49 bits per heavy atom. The number of nitrogens with zero attached hydrogens (tertiary/aromatic N) is 3. The molecule has 5 rings (SSSR count). The van der Waals surface area contributed by atoms with Gasteiger partial charge in [-0.2, -0.15) is 36.2 Å². The van der Waals surface area contributed by atoms with Crippen LogP contribution >= 0.6 is 0 Å². The summed E-state index contributed by atoms with van der Waals surface area (Å²) in [5.41, 5.74) is 5.87. The van der Waals surface area contributed by atoms with Crippen molar-refractivity contribution >= 4 is 11.4 Å². The van der Waals surface area contributed by atoms with E-state index < -0.39 is 23.8 Å². The van der Waals surface area contributed by atoms with E-state index in [4.69, 9.17) is 0 Å². The summed E-state index contributed by atoms with van der Waals surface area (Å²) in [4.78, 5) is 2.07. The molecule has 2 heterocycles. The molecular weight excluding hydrogens is 516 g/mol. The average molecular weight is 549 g/mol. The van der Waals surface area contributed by atoms with Crippen LogP contribution in [0.3, 0.4) is 0 Å². The van der Waals surface area contributed by atoms with Gasteiger partial charge in [-0.3, -0.25) is 0 Å². The van der Waals surface area contributed by atoms with Crippen molar-refractivity contribution in [2.75, 3.05) is 18.0 Å². The molecule has 0 fully saturated rings. The molecule has 1 aromatic rings. The van der Waals surface area contributed by atoms with Crippen molar-refractivity contribution < 1.29 is 30.9 Å². The fourth-order valence-electron chi connectivity index (χ4n) is 6.68. The van der Waals surface area contributed by atoms with Crippen LogP contribution in [0.4, 0.5) is 32.0 Å². The molecule has 0 saturated carbocycles. The number of fused-ring (bicyclic) bond motifs is 2. The van der Waals surface area contributed by atoms with E-state index in [1.165, 1.54) is 6.07 Å². The van der Waals surface area contributed by atoms with E-state index in [0.717, 1.165) is 59.3 Å². The number of hydrogen-bond donors (Lipinski definition) is 0. The first-order valence-corrected chi connectivity index (χ1v) is 13.6. The normalized spacial score (nSPS) is 24.5. The molecule has 0 radical (unpaired) electrons. The maximum atomic E-state index is 13.4. The third-order valence-corrected chi connectivity index (χ3v) is 8.91. The first kappa shape index (κ1) is 27.5. The summed E-state index contributed by atoms with van der Waals surface area (Å²) >= 11 is 0. The topological polar surface area (TPSA) is 30.0 Å². The molecule has 3 nitrogen and oxygen atoms in total. The van der Waals surface area contributed by atoms with Gasteiger partial charge >= 0.3 is 12.4 Å². The minimum absolute atomic E-state index is 0.00876. The summed E-state index contributed by atoms with van der Waals surface area (Å²) in [6.45, 7) is 4.60. The summed E-state index contributed by atoms with van der Waals surface area (Å²) in [6, 6.07) is 6.30. The van der Waals surface area contributed by atoms with Crippen molar-refractivity contribution in [3.63, 3.8) is 0 Å². The zero-order valence-corrected chi connectivity index (χ0v) is 22.1. The van der Waals surface area contributed by atoms with Gasteiger partial charge in [-0.25, -0.2) is 0 Å². The van der Waals surface area contributed by atoms with Crippen LogP contribution in [0.25, 0.3) is 0 Å². The van der Waals surface area contributed by atoms with Crippen LogP contribution in [0.15, 0.2) is 52.4 Å². The second-order valence-corrected chi connectivity index (χ2v) is 11.0. The third-order valence-electron chi connectivity index (χ3n) is 8.91. The molecule has 0 bridgehead atoms. The van der Waals surface area contributed by atoms with E-state index in [1.54, 1.807) is 13.0 Å². The average Bonchev–Trinajstić information content (AvgIpc) is 3.47. The first-order chi connectivity index (χ1) is 18.4. The molecule has 2 unspecified atom stereocenters. The van der Waals surface area contributed by atoms with Crippen molar-refractivity contribution in [3.8, 4) is 6.07 Å². The number of benzene rings is 1. The maximum absolute atomic E-state index is 13.4. The highest BCUT2D eigenvalue weighted by Gasteiger charge is 2.42. The molecule has 0 saturated heterocycles. The number of alkyl halides is 6. The second kappa shape index (κ2) is 10.2. The lowest BCUT2D eigenvalue weighted by molar-refractivity contribution is -0.466. The highest BCUT2D eigenvalue weighted by atomic mass is 19.4. The summed E-state index contributed by atoms with van der Waals surface area (Å²) in [5, 5.41) is 10.2. The van der Waals surface area contributed by atoms with Crippen LogP contribution in [0.5, 0.6) is 0 Å². The third kappa shape index (κ3) is 5.15. The number of rotatable bonds is 4. The molecule has 39 heavy (non-hydrogen) atoms. The molecule has 0 aromatic heterocycles. The Labute approximate surface area is 224 Å². The number of hydrogen-bond acceptors (Lipinski definition) is 2. The van der Waals surface area contributed by atoms with E-state index >= 15 is 0 Å². The van der Waals surface area contributed by atoms with Gasteiger partial charge < -0.3 is 4.90 Å². The Morgan fingerprint density at radius 1 is 1.08 bits per heavy atom. The van der Waals surface area contributed by atoms with E-state index in [0.29, 0.717) is 43.5 Å². The van der Waals surface area contributed by atoms with Crippen molar-refractivity contribution in [1.29, 1.82) is 5.26 Å². The second-order valence-electron chi connectivity index (χ2n) is 11.0. The van der Waals surface area contributed by atoms with Gasteiger partial charge in [-0.05, 0) is 79.9 Å². The fraction of sp³-hybridized carbons (Fsp3) is 0.533. The van der Waals surface area contributed by atoms with Crippen LogP contribution in [-0.2, 0) is 12.6 Å². The Kier molecular flexibility index (Phi) is 7.19. The number of allylic oxidation sites excluding steroid dienone is 5. The lowest BCUT2D eigenvalue weighted by Crippen LogP contribution is -2.30. The molecule has 208 valence electrons. The van der Waals surface area contributed by atoms with Crippen molar-refractivity contribution in [3.05, 3.63) is 63.5 Å². The minimum Gasteiger partial charge on any atom is -0.345 e. The van der Waals surface area contributed by atoms with Crippen molar-refractivity contribution in [2.45, 2.75) is 77.6 Å². The Hall–Kier alpha value is -3.02. The molecule has 4 aliphatic rings. The molecule has 9 heteroatoms. The zero-order valence-electron chi connectivity index (χ0n) is 22.1. The predicted octanol–water partition coefficient (Wildman–Crippen LogP) is 8.09. The molecule has 2 aliphatic heterocycles. The minimum atomic E-state index is -4.38. The highest BCUT2D eigenvalue weighted by molar-refractivity contribution is 6.02. The molecule has 0 spiro atoms. The van der Waals surface area contributed by atoms with Gasteiger partial charge in [0.1, 0.15) is 11.6 Å². The number of halogens is 6. The van der Waals surface area contributed by atoms with Gasteiger partial charge in [0.15, 0.2) is 18.0 Å². The monoisotopic (exact) mass is 548 g/mol. The summed E-state index contributed by atoms with van der Waals surface area (Å²) in [6.07, 6.45) is -2.24. The largest absolute Gasteiger partial charge is 0.416 e.